The third-order valence-corrected chi connectivity index (χ3v) is 3.42. The average molecular weight is 291 g/mol. The van der Waals surface area contributed by atoms with Crippen LogP contribution in [0.1, 0.15) is 36.5 Å². The van der Waals surface area contributed by atoms with E-state index in [1.165, 1.54) is 0 Å². The molecule has 114 valence electrons. The van der Waals surface area contributed by atoms with Gasteiger partial charge in [0.1, 0.15) is 11.5 Å². The fourth-order valence-electron chi connectivity index (χ4n) is 1.95. The molecule has 0 heterocycles. The number of hydrogen-bond acceptors (Lipinski definition) is 4. The van der Waals surface area contributed by atoms with Crippen molar-refractivity contribution in [2.24, 2.45) is 0 Å². The summed E-state index contributed by atoms with van der Waals surface area (Å²) in [5.74, 6) is 0.950. The standard InChI is InChI=1S/C16H21NO4/c1-3-8-20-14-7-4-12(10-18)15(9-14)21-11-16(19)17(2)13-5-6-13/h4,7,9-10,13H,3,5-6,8,11H2,1-2H3. The maximum absolute atomic E-state index is 11.9. The monoisotopic (exact) mass is 291 g/mol. The highest BCUT2D eigenvalue weighted by atomic mass is 16.5. The second kappa shape index (κ2) is 7.11. The van der Waals surface area contributed by atoms with Gasteiger partial charge in [-0.25, -0.2) is 0 Å². The van der Waals surface area contributed by atoms with Gasteiger partial charge < -0.3 is 14.4 Å². The Bertz CT molecular complexity index is 511. The lowest BCUT2D eigenvalue weighted by molar-refractivity contribution is -0.132. The largest absolute Gasteiger partial charge is 0.493 e. The molecule has 0 atom stereocenters. The van der Waals surface area contributed by atoms with Gasteiger partial charge in [-0.3, -0.25) is 9.59 Å². The molecule has 1 amide bonds. The minimum Gasteiger partial charge on any atom is -0.493 e. The van der Waals surface area contributed by atoms with Crippen molar-refractivity contribution in [2.45, 2.75) is 32.2 Å². The smallest absolute Gasteiger partial charge is 0.260 e. The van der Waals surface area contributed by atoms with Crippen LogP contribution in [0.15, 0.2) is 18.2 Å². The van der Waals surface area contributed by atoms with Gasteiger partial charge in [0.05, 0.1) is 12.2 Å². The summed E-state index contributed by atoms with van der Waals surface area (Å²) in [6, 6.07) is 5.38. The summed E-state index contributed by atoms with van der Waals surface area (Å²) >= 11 is 0. The molecule has 0 saturated heterocycles. The summed E-state index contributed by atoms with van der Waals surface area (Å²) in [5, 5.41) is 0. The first-order chi connectivity index (χ1) is 10.2. The first-order valence-corrected chi connectivity index (χ1v) is 7.26. The second-order valence-electron chi connectivity index (χ2n) is 5.19. The summed E-state index contributed by atoms with van der Waals surface area (Å²) in [6.07, 6.45) is 3.73. The van der Waals surface area contributed by atoms with Gasteiger partial charge in [-0.2, -0.15) is 0 Å². The summed E-state index contributed by atoms with van der Waals surface area (Å²) in [5.41, 5.74) is 0.417. The number of ether oxygens (including phenoxy) is 2. The van der Waals surface area contributed by atoms with Crippen LogP contribution in [0.25, 0.3) is 0 Å². The number of nitrogens with zero attached hydrogens (tertiary/aromatic N) is 1. The van der Waals surface area contributed by atoms with E-state index in [9.17, 15) is 9.59 Å². The van der Waals surface area contributed by atoms with Crippen molar-refractivity contribution in [1.29, 1.82) is 0 Å². The van der Waals surface area contributed by atoms with Gasteiger partial charge in [0.2, 0.25) is 0 Å². The van der Waals surface area contributed by atoms with Crippen molar-refractivity contribution < 1.29 is 19.1 Å². The number of rotatable bonds is 8. The third kappa shape index (κ3) is 4.21. The molecule has 1 aromatic carbocycles. The van der Waals surface area contributed by atoms with Crippen LogP contribution in [0.2, 0.25) is 0 Å². The van der Waals surface area contributed by atoms with Gasteiger partial charge in [0.15, 0.2) is 12.9 Å². The van der Waals surface area contributed by atoms with E-state index >= 15 is 0 Å². The molecule has 21 heavy (non-hydrogen) atoms. The number of hydrogen-bond donors (Lipinski definition) is 0. The predicted molar refractivity (Wildman–Crippen MR) is 78.9 cm³/mol. The molecular weight excluding hydrogens is 270 g/mol. The lowest BCUT2D eigenvalue weighted by Gasteiger charge is -2.17. The molecule has 0 N–H and O–H groups in total. The van der Waals surface area contributed by atoms with Crippen molar-refractivity contribution in [2.75, 3.05) is 20.3 Å². The molecule has 1 saturated carbocycles. The fraction of sp³-hybridized carbons (Fsp3) is 0.500. The molecule has 0 spiro atoms. The molecule has 0 radical (unpaired) electrons. The molecule has 1 aliphatic carbocycles. The van der Waals surface area contributed by atoms with E-state index in [0.717, 1.165) is 19.3 Å². The van der Waals surface area contributed by atoms with Crippen molar-refractivity contribution >= 4 is 12.2 Å². The van der Waals surface area contributed by atoms with Gasteiger partial charge in [-0.05, 0) is 31.4 Å². The Kier molecular flexibility index (Phi) is 5.20. The first kappa shape index (κ1) is 15.4. The van der Waals surface area contributed by atoms with Crippen molar-refractivity contribution in [3.63, 3.8) is 0 Å². The number of likely N-dealkylation sites (N-methyl/N-ethyl adjacent to an activating group) is 1. The number of carbonyl (C=O) groups is 2. The summed E-state index contributed by atoms with van der Waals surface area (Å²) in [4.78, 5) is 24.7. The number of benzene rings is 1. The number of amides is 1. The molecule has 0 bridgehead atoms. The minimum atomic E-state index is -0.0748. The topological polar surface area (TPSA) is 55.8 Å². The number of aldehydes is 1. The van der Waals surface area contributed by atoms with Crippen LogP contribution in [0.5, 0.6) is 11.5 Å². The van der Waals surface area contributed by atoms with Crippen LogP contribution in [-0.4, -0.2) is 43.4 Å². The van der Waals surface area contributed by atoms with Gasteiger partial charge in [0, 0.05) is 19.2 Å². The zero-order valence-electron chi connectivity index (χ0n) is 12.5. The average Bonchev–Trinajstić information content (AvgIpc) is 3.34. The molecule has 1 aliphatic rings. The van der Waals surface area contributed by atoms with Crippen LogP contribution in [0.3, 0.4) is 0 Å². The molecule has 5 nitrogen and oxygen atoms in total. The van der Waals surface area contributed by atoms with Crippen molar-refractivity contribution in [3.05, 3.63) is 23.8 Å². The Morgan fingerprint density at radius 2 is 2.14 bits per heavy atom. The van der Waals surface area contributed by atoms with Crippen molar-refractivity contribution in [3.8, 4) is 11.5 Å². The van der Waals surface area contributed by atoms with Crippen LogP contribution < -0.4 is 9.47 Å². The van der Waals surface area contributed by atoms with E-state index < -0.39 is 0 Å². The summed E-state index contributed by atoms with van der Waals surface area (Å²) < 4.78 is 11.0. The molecule has 0 aromatic heterocycles. The Morgan fingerprint density at radius 3 is 2.76 bits per heavy atom. The van der Waals surface area contributed by atoms with E-state index in [0.29, 0.717) is 36.0 Å². The molecule has 0 aliphatic heterocycles. The quantitative estimate of drug-likeness (QED) is 0.690. The highest BCUT2D eigenvalue weighted by Gasteiger charge is 2.29. The Balaban J connectivity index is 1.99. The second-order valence-corrected chi connectivity index (χ2v) is 5.19. The zero-order chi connectivity index (χ0) is 15.2. The minimum absolute atomic E-state index is 0.0644. The maximum Gasteiger partial charge on any atom is 0.260 e. The Hall–Kier alpha value is -2.04. The molecule has 1 aromatic rings. The number of carbonyl (C=O) groups excluding carboxylic acids is 2. The SMILES string of the molecule is CCCOc1ccc(C=O)c(OCC(=O)N(C)C2CC2)c1. The van der Waals surface area contributed by atoms with E-state index in [1.807, 2.05) is 6.92 Å². The van der Waals surface area contributed by atoms with Crippen LogP contribution in [0.4, 0.5) is 0 Å². The van der Waals surface area contributed by atoms with E-state index in [2.05, 4.69) is 0 Å². The normalized spacial score (nSPS) is 13.6. The molecule has 1 fully saturated rings. The van der Waals surface area contributed by atoms with Crippen LogP contribution >= 0.6 is 0 Å². The van der Waals surface area contributed by atoms with Gasteiger partial charge >= 0.3 is 0 Å². The lowest BCUT2D eigenvalue weighted by Crippen LogP contribution is -2.33. The van der Waals surface area contributed by atoms with E-state index in [-0.39, 0.29) is 12.5 Å². The van der Waals surface area contributed by atoms with Gasteiger partial charge in [0.25, 0.3) is 5.91 Å². The third-order valence-electron chi connectivity index (χ3n) is 3.42. The Labute approximate surface area is 124 Å². The van der Waals surface area contributed by atoms with Crippen LogP contribution in [0, 0.1) is 0 Å². The summed E-state index contributed by atoms with van der Waals surface area (Å²) in [6.45, 7) is 2.55. The van der Waals surface area contributed by atoms with Crippen molar-refractivity contribution in [1.82, 2.24) is 4.90 Å². The van der Waals surface area contributed by atoms with E-state index in [4.69, 9.17) is 9.47 Å². The lowest BCUT2D eigenvalue weighted by atomic mass is 10.2. The first-order valence-electron chi connectivity index (χ1n) is 7.26. The maximum atomic E-state index is 11.9. The molecule has 0 unspecified atom stereocenters. The molecule has 2 rings (SSSR count). The molecular formula is C16H21NO4. The highest BCUT2D eigenvalue weighted by Crippen LogP contribution is 2.26. The Morgan fingerprint density at radius 1 is 1.38 bits per heavy atom. The van der Waals surface area contributed by atoms with Gasteiger partial charge in [-0.15, -0.1) is 0 Å². The highest BCUT2D eigenvalue weighted by molar-refractivity contribution is 5.81. The zero-order valence-corrected chi connectivity index (χ0v) is 12.5. The molecule has 5 heteroatoms. The van der Waals surface area contributed by atoms with Crippen LogP contribution in [-0.2, 0) is 4.79 Å². The predicted octanol–water partition coefficient (Wildman–Crippen LogP) is 2.29. The van der Waals surface area contributed by atoms with Gasteiger partial charge in [-0.1, -0.05) is 6.92 Å². The fourth-order valence-corrected chi connectivity index (χ4v) is 1.95. The summed E-state index contributed by atoms with van der Waals surface area (Å²) in [7, 11) is 1.78. The van der Waals surface area contributed by atoms with E-state index in [1.54, 1.807) is 30.1 Å².